The Labute approximate surface area is 104 Å². The maximum absolute atomic E-state index is 10.9. The number of aliphatic carboxylic acids is 1. The van der Waals surface area contributed by atoms with Gasteiger partial charge >= 0.3 is 5.97 Å². The van der Waals surface area contributed by atoms with Crippen LogP contribution in [0.3, 0.4) is 0 Å². The molecule has 1 aliphatic heterocycles. The lowest BCUT2D eigenvalue weighted by atomic mass is 9.97. The smallest absolute Gasteiger partial charge is 0.306 e. The van der Waals surface area contributed by atoms with Gasteiger partial charge < -0.3 is 14.6 Å². The second-order valence-corrected chi connectivity index (χ2v) is 4.54. The summed E-state index contributed by atoms with van der Waals surface area (Å²) in [5.41, 5.74) is 1.73. The number of halogens is 1. The maximum atomic E-state index is 10.9. The predicted octanol–water partition coefficient (Wildman–Crippen LogP) is 2.64. The number of benzene rings is 1. The summed E-state index contributed by atoms with van der Waals surface area (Å²) in [6.07, 6.45) is 0.386. The predicted molar refractivity (Wildman–Crippen MR) is 62.8 cm³/mol. The lowest BCUT2D eigenvalue weighted by Gasteiger charge is -2.13. The Balaban J connectivity index is 2.38. The van der Waals surface area contributed by atoms with Crippen LogP contribution in [0.2, 0.25) is 5.02 Å². The standard InChI is InChI=1S/C12H13ClO4/c1-6-4-9-11(17-5-16-9)10(13)8(6)3-7(2)12(14)15/h4,7H,3,5H2,1-2H3,(H,14,15). The van der Waals surface area contributed by atoms with Crippen molar-refractivity contribution in [1.29, 1.82) is 0 Å². The van der Waals surface area contributed by atoms with E-state index in [-0.39, 0.29) is 6.79 Å². The van der Waals surface area contributed by atoms with Crippen molar-refractivity contribution < 1.29 is 19.4 Å². The summed E-state index contributed by atoms with van der Waals surface area (Å²) in [4.78, 5) is 10.9. The zero-order valence-electron chi connectivity index (χ0n) is 9.62. The van der Waals surface area contributed by atoms with Gasteiger partial charge in [-0.15, -0.1) is 0 Å². The van der Waals surface area contributed by atoms with Gasteiger partial charge in [-0.25, -0.2) is 0 Å². The van der Waals surface area contributed by atoms with Crippen molar-refractivity contribution in [2.45, 2.75) is 20.3 Å². The number of fused-ring (bicyclic) bond motifs is 1. The van der Waals surface area contributed by atoms with E-state index in [1.54, 1.807) is 6.92 Å². The highest BCUT2D eigenvalue weighted by Gasteiger charge is 2.24. The molecule has 1 aromatic carbocycles. The second-order valence-electron chi connectivity index (χ2n) is 4.16. The Morgan fingerprint density at radius 1 is 1.59 bits per heavy atom. The van der Waals surface area contributed by atoms with Crippen molar-refractivity contribution in [3.63, 3.8) is 0 Å². The third-order valence-electron chi connectivity index (χ3n) is 2.86. The van der Waals surface area contributed by atoms with E-state index in [9.17, 15) is 4.79 Å². The number of carboxylic acid groups (broad SMARTS) is 1. The second kappa shape index (κ2) is 4.45. The number of hydrogen-bond donors (Lipinski definition) is 1. The average molecular weight is 257 g/mol. The van der Waals surface area contributed by atoms with Crippen molar-refractivity contribution in [2.24, 2.45) is 5.92 Å². The molecule has 0 fully saturated rings. The van der Waals surface area contributed by atoms with Crippen molar-refractivity contribution in [3.8, 4) is 11.5 Å². The number of ether oxygens (including phenoxy) is 2. The molecule has 0 aromatic heterocycles. The van der Waals surface area contributed by atoms with E-state index in [0.717, 1.165) is 11.1 Å². The highest BCUT2D eigenvalue weighted by Crippen LogP contribution is 2.43. The molecule has 1 atom stereocenters. The van der Waals surface area contributed by atoms with E-state index in [2.05, 4.69) is 0 Å². The molecule has 0 amide bonds. The molecule has 17 heavy (non-hydrogen) atoms. The Kier molecular flexibility index (Phi) is 3.15. The van der Waals surface area contributed by atoms with Crippen molar-refractivity contribution in [3.05, 3.63) is 22.2 Å². The highest BCUT2D eigenvalue weighted by molar-refractivity contribution is 6.33. The van der Waals surface area contributed by atoms with Crippen molar-refractivity contribution in [2.75, 3.05) is 6.79 Å². The molecule has 0 radical (unpaired) electrons. The summed E-state index contributed by atoms with van der Waals surface area (Å²) in [6.45, 7) is 3.70. The Morgan fingerprint density at radius 2 is 2.29 bits per heavy atom. The molecule has 0 saturated carbocycles. The Morgan fingerprint density at radius 3 is 2.94 bits per heavy atom. The van der Waals surface area contributed by atoms with Crippen LogP contribution in [0.4, 0.5) is 0 Å². The fourth-order valence-corrected chi connectivity index (χ4v) is 2.18. The summed E-state index contributed by atoms with van der Waals surface area (Å²) in [5.74, 6) is -0.172. The van der Waals surface area contributed by atoms with Crippen LogP contribution < -0.4 is 9.47 Å². The summed E-state index contributed by atoms with van der Waals surface area (Å²) in [7, 11) is 0. The third-order valence-corrected chi connectivity index (χ3v) is 3.26. The van der Waals surface area contributed by atoms with Gasteiger partial charge in [0.15, 0.2) is 11.5 Å². The van der Waals surface area contributed by atoms with Crippen LogP contribution in [0.15, 0.2) is 6.07 Å². The largest absolute Gasteiger partial charge is 0.481 e. The lowest BCUT2D eigenvalue weighted by molar-refractivity contribution is -0.141. The van der Waals surface area contributed by atoms with Gasteiger partial charge in [0, 0.05) is 0 Å². The Hall–Kier alpha value is -1.42. The molecule has 92 valence electrons. The summed E-state index contributed by atoms with van der Waals surface area (Å²) < 4.78 is 10.5. The molecule has 1 aromatic rings. The summed E-state index contributed by atoms with van der Waals surface area (Å²) in [6, 6.07) is 1.83. The molecule has 0 saturated heterocycles. The van der Waals surface area contributed by atoms with Crippen LogP contribution in [0.1, 0.15) is 18.1 Å². The first-order valence-corrected chi connectivity index (χ1v) is 5.69. The summed E-state index contributed by atoms with van der Waals surface area (Å²) in [5, 5.41) is 9.38. The quantitative estimate of drug-likeness (QED) is 0.903. The molecular formula is C12H13ClO4. The molecule has 2 rings (SSSR count). The monoisotopic (exact) mass is 256 g/mol. The average Bonchev–Trinajstić information content (AvgIpc) is 2.71. The van der Waals surface area contributed by atoms with E-state index < -0.39 is 11.9 Å². The van der Waals surface area contributed by atoms with Gasteiger partial charge in [-0.1, -0.05) is 18.5 Å². The first kappa shape index (κ1) is 12.0. The number of carbonyl (C=O) groups is 1. The normalized spacial score (nSPS) is 14.8. The van der Waals surface area contributed by atoms with E-state index in [1.165, 1.54) is 0 Å². The molecule has 1 aliphatic rings. The zero-order valence-corrected chi connectivity index (χ0v) is 10.4. The Bertz CT molecular complexity index is 470. The van der Waals surface area contributed by atoms with Crippen molar-refractivity contribution in [1.82, 2.24) is 0 Å². The molecule has 0 bridgehead atoms. The number of aryl methyl sites for hydroxylation is 1. The molecule has 1 unspecified atom stereocenters. The van der Waals surface area contributed by atoms with Crippen LogP contribution >= 0.6 is 11.6 Å². The molecule has 1 N–H and O–H groups in total. The lowest BCUT2D eigenvalue weighted by Crippen LogP contribution is -2.13. The molecule has 4 nitrogen and oxygen atoms in total. The number of hydrogen-bond acceptors (Lipinski definition) is 3. The SMILES string of the molecule is Cc1cc2c(c(Cl)c1CC(C)C(=O)O)OCO2. The minimum Gasteiger partial charge on any atom is -0.481 e. The van der Waals surface area contributed by atoms with Gasteiger partial charge in [-0.3, -0.25) is 4.79 Å². The molecule has 1 heterocycles. The number of carboxylic acids is 1. The van der Waals surface area contributed by atoms with Crippen molar-refractivity contribution >= 4 is 17.6 Å². The minimum atomic E-state index is -0.835. The third kappa shape index (κ3) is 2.17. The van der Waals surface area contributed by atoms with E-state index in [4.69, 9.17) is 26.2 Å². The maximum Gasteiger partial charge on any atom is 0.306 e. The van der Waals surface area contributed by atoms with E-state index in [0.29, 0.717) is 22.9 Å². The molecule has 0 aliphatic carbocycles. The van der Waals surface area contributed by atoms with Gasteiger partial charge in [-0.2, -0.15) is 0 Å². The fourth-order valence-electron chi connectivity index (χ4n) is 1.81. The topological polar surface area (TPSA) is 55.8 Å². The van der Waals surface area contributed by atoms with Gasteiger partial charge in [-0.05, 0) is 30.5 Å². The van der Waals surface area contributed by atoms with E-state index >= 15 is 0 Å². The summed E-state index contributed by atoms with van der Waals surface area (Å²) >= 11 is 6.21. The molecule has 5 heteroatoms. The fraction of sp³-hybridized carbons (Fsp3) is 0.417. The molecule has 0 spiro atoms. The first-order valence-electron chi connectivity index (χ1n) is 5.31. The first-order chi connectivity index (χ1) is 8.00. The zero-order chi connectivity index (χ0) is 12.6. The van der Waals surface area contributed by atoms with Crippen LogP contribution in [0.5, 0.6) is 11.5 Å². The van der Waals surface area contributed by atoms with E-state index in [1.807, 2.05) is 13.0 Å². The van der Waals surface area contributed by atoms with Gasteiger partial charge in [0.2, 0.25) is 6.79 Å². The number of rotatable bonds is 3. The van der Waals surface area contributed by atoms with Crippen LogP contribution in [0, 0.1) is 12.8 Å². The van der Waals surface area contributed by atoms with Crippen LogP contribution in [-0.2, 0) is 11.2 Å². The van der Waals surface area contributed by atoms with Crippen LogP contribution in [0.25, 0.3) is 0 Å². The minimum absolute atomic E-state index is 0.159. The molecular weight excluding hydrogens is 244 g/mol. The van der Waals surface area contributed by atoms with Gasteiger partial charge in [0.05, 0.1) is 10.9 Å². The van der Waals surface area contributed by atoms with Crippen LogP contribution in [-0.4, -0.2) is 17.9 Å². The van der Waals surface area contributed by atoms with Gasteiger partial charge in [0.1, 0.15) is 0 Å². The van der Waals surface area contributed by atoms with Gasteiger partial charge in [0.25, 0.3) is 0 Å². The highest BCUT2D eigenvalue weighted by atomic mass is 35.5.